The molecule has 0 bridgehead atoms. The minimum Gasteiger partial charge on any atom is -0.381 e. The van der Waals surface area contributed by atoms with E-state index in [0.717, 1.165) is 68.9 Å². The van der Waals surface area contributed by atoms with Crippen LogP contribution in [0.5, 0.6) is 0 Å². The molecule has 1 amide bonds. The molecule has 0 spiro atoms. The highest BCUT2D eigenvalue weighted by Crippen LogP contribution is 2.33. The van der Waals surface area contributed by atoms with Crippen LogP contribution in [0.3, 0.4) is 0 Å². The Morgan fingerprint density at radius 3 is 2.68 bits per heavy atom. The predicted molar refractivity (Wildman–Crippen MR) is 108 cm³/mol. The topological polar surface area (TPSA) is 67.4 Å². The van der Waals surface area contributed by atoms with Crippen molar-refractivity contribution >= 4 is 17.9 Å². The summed E-state index contributed by atoms with van der Waals surface area (Å²) in [6.45, 7) is 6.22. The lowest BCUT2D eigenvalue weighted by atomic mass is 9.93. The molecule has 3 aliphatic heterocycles. The number of piperidine rings is 1. The molecule has 1 N–H and O–H groups in total. The summed E-state index contributed by atoms with van der Waals surface area (Å²) in [5, 5.41) is 3.45. The van der Waals surface area contributed by atoms with E-state index in [4.69, 9.17) is 9.72 Å². The number of rotatable bonds is 3. The molecule has 2 saturated heterocycles. The number of ether oxygens (including phenoxy) is 1. The predicted octanol–water partition coefficient (Wildman–Crippen LogP) is 2.26. The lowest BCUT2D eigenvalue weighted by Crippen LogP contribution is -2.53. The second kappa shape index (κ2) is 7.89. The number of nitrogens with one attached hydrogen (secondary N) is 1. The number of nitrogens with zero attached hydrogens (tertiary/aromatic N) is 4. The highest BCUT2D eigenvalue weighted by Gasteiger charge is 2.43. The first-order valence-corrected chi connectivity index (χ1v) is 10.4. The minimum atomic E-state index is 0.132. The van der Waals surface area contributed by atoms with Crippen LogP contribution in [-0.2, 0) is 16.1 Å². The SMILES string of the molecule is CC1=Cc2cnc(NC3CCOCC3)nc2C[N+]1(C)C(=O)C1CCN(C)CC1. The van der Waals surface area contributed by atoms with Gasteiger partial charge in [0.25, 0.3) is 0 Å². The Balaban J connectivity index is 1.52. The van der Waals surface area contributed by atoms with Crippen molar-refractivity contribution in [2.75, 3.05) is 45.7 Å². The number of carbonyl (C=O) groups excluding carboxylic acids is 1. The van der Waals surface area contributed by atoms with Gasteiger partial charge in [0.05, 0.1) is 13.0 Å². The van der Waals surface area contributed by atoms with Gasteiger partial charge < -0.3 is 15.0 Å². The molecular weight excluding hydrogens is 354 g/mol. The Morgan fingerprint density at radius 1 is 1.25 bits per heavy atom. The molecule has 1 aromatic rings. The minimum absolute atomic E-state index is 0.132. The third-order valence-electron chi connectivity index (χ3n) is 6.62. The van der Waals surface area contributed by atoms with Gasteiger partial charge >= 0.3 is 5.91 Å². The number of hydrogen-bond acceptors (Lipinski definition) is 6. The molecule has 1 aromatic heterocycles. The van der Waals surface area contributed by atoms with Crippen LogP contribution in [0.1, 0.15) is 43.9 Å². The Bertz CT molecular complexity index is 766. The van der Waals surface area contributed by atoms with Crippen molar-refractivity contribution in [3.05, 3.63) is 23.2 Å². The van der Waals surface area contributed by atoms with Crippen LogP contribution in [0.4, 0.5) is 5.95 Å². The third-order valence-corrected chi connectivity index (χ3v) is 6.62. The fourth-order valence-corrected chi connectivity index (χ4v) is 4.47. The number of likely N-dealkylation sites (tertiary alicyclic amines) is 1. The van der Waals surface area contributed by atoms with E-state index >= 15 is 0 Å². The summed E-state index contributed by atoms with van der Waals surface area (Å²) < 4.78 is 5.75. The van der Waals surface area contributed by atoms with E-state index in [1.165, 1.54) is 0 Å². The van der Waals surface area contributed by atoms with Gasteiger partial charge in [-0.05, 0) is 45.8 Å². The van der Waals surface area contributed by atoms with Gasteiger partial charge in [-0.15, -0.1) is 0 Å². The largest absolute Gasteiger partial charge is 0.381 e. The summed E-state index contributed by atoms with van der Waals surface area (Å²) in [7, 11) is 4.17. The van der Waals surface area contributed by atoms with Crippen LogP contribution in [0.15, 0.2) is 11.9 Å². The van der Waals surface area contributed by atoms with Gasteiger partial charge in [0.1, 0.15) is 17.9 Å². The van der Waals surface area contributed by atoms with Crippen molar-refractivity contribution in [1.82, 2.24) is 14.9 Å². The van der Waals surface area contributed by atoms with Crippen LogP contribution in [-0.4, -0.2) is 71.7 Å². The zero-order valence-electron chi connectivity index (χ0n) is 17.3. The number of hydrogen-bond donors (Lipinski definition) is 1. The highest BCUT2D eigenvalue weighted by atomic mass is 16.5. The standard InChI is InChI=1S/C21H32N5O2/c1-15-12-17-13-22-21(23-18-6-10-28-11-7-18)24-19(17)14-26(15,3)20(27)16-4-8-25(2)9-5-16/h12-13,16,18H,4-11,14H2,1-3H3,(H,22,23,24)/q+1. The van der Waals surface area contributed by atoms with Crippen molar-refractivity contribution in [3.63, 3.8) is 0 Å². The van der Waals surface area contributed by atoms with E-state index in [2.05, 4.69) is 35.2 Å². The lowest BCUT2D eigenvalue weighted by Gasteiger charge is -2.39. The second-order valence-corrected chi connectivity index (χ2v) is 8.68. The van der Waals surface area contributed by atoms with Crippen molar-refractivity contribution in [2.24, 2.45) is 5.92 Å². The van der Waals surface area contributed by atoms with Crippen molar-refractivity contribution < 1.29 is 14.0 Å². The van der Waals surface area contributed by atoms with Gasteiger partial charge in [-0.3, -0.25) is 0 Å². The fraction of sp³-hybridized carbons (Fsp3) is 0.667. The monoisotopic (exact) mass is 386 g/mol. The summed E-state index contributed by atoms with van der Waals surface area (Å²) in [5.74, 6) is 1.12. The number of aromatic nitrogens is 2. The molecule has 0 aliphatic carbocycles. The van der Waals surface area contributed by atoms with Crippen LogP contribution in [0.25, 0.3) is 6.08 Å². The number of allylic oxidation sites excluding steroid dienone is 1. The maximum atomic E-state index is 13.4. The third kappa shape index (κ3) is 3.83. The first kappa shape index (κ1) is 19.5. The van der Waals surface area contributed by atoms with Gasteiger partial charge in [0.15, 0.2) is 0 Å². The van der Waals surface area contributed by atoms with E-state index in [1.807, 2.05) is 13.2 Å². The van der Waals surface area contributed by atoms with Crippen LogP contribution in [0, 0.1) is 5.92 Å². The Labute approximate surface area is 167 Å². The molecule has 152 valence electrons. The quantitative estimate of drug-likeness (QED) is 0.804. The van der Waals surface area contributed by atoms with E-state index in [-0.39, 0.29) is 5.92 Å². The smallest absolute Gasteiger partial charge is 0.321 e. The molecule has 1 unspecified atom stereocenters. The van der Waals surface area contributed by atoms with Crippen molar-refractivity contribution in [2.45, 2.75) is 45.2 Å². The van der Waals surface area contributed by atoms with Gasteiger partial charge in [-0.25, -0.2) is 19.2 Å². The summed E-state index contributed by atoms with van der Waals surface area (Å²) >= 11 is 0. The average Bonchev–Trinajstić information content (AvgIpc) is 2.70. The molecule has 4 rings (SSSR count). The molecule has 0 aromatic carbocycles. The molecule has 0 saturated carbocycles. The Kier molecular flexibility index (Phi) is 5.49. The number of carbonyl (C=O) groups is 1. The van der Waals surface area contributed by atoms with Gasteiger partial charge in [-0.2, -0.15) is 0 Å². The van der Waals surface area contributed by atoms with Crippen LogP contribution < -0.4 is 5.32 Å². The first-order valence-electron chi connectivity index (χ1n) is 10.4. The summed E-state index contributed by atoms with van der Waals surface area (Å²) in [4.78, 5) is 25.0. The van der Waals surface area contributed by atoms with Crippen molar-refractivity contribution in [1.29, 1.82) is 0 Å². The Hall–Kier alpha value is -1.83. The van der Waals surface area contributed by atoms with Crippen molar-refractivity contribution in [3.8, 4) is 0 Å². The summed E-state index contributed by atoms with van der Waals surface area (Å²) in [6.07, 6.45) is 7.82. The molecule has 0 radical (unpaired) electrons. The molecule has 28 heavy (non-hydrogen) atoms. The maximum Gasteiger partial charge on any atom is 0.321 e. The van der Waals surface area contributed by atoms with E-state index in [9.17, 15) is 4.79 Å². The second-order valence-electron chi connectivity index (χ2n) is 8.68. The van der Waals surface area contributed by atoms with Gasteiger partial charge in [-0.1, -0.05) is 0 Å². The van der Waals surface area contributed by atoms with E-state index in [1.54, 1.807) is 0 Å². The molecule has 3 aliphatic rings. The molecule has 7 heteroatoms. The van der Waals surface area contributed by atoms with E-state index < -0.39 is 0 Å². The highest BCUT2D eigenvalue weighted by molar-refractivity contribution is 5.75. The number of amides is 1. The fourth-order valence-electron chi connectivity index (χ4n) is 4.47. The molecule has 7 nitrogen and oxygen atoms in total. The average molecular weight is 387 g/mol. The zero-order valence-corrected chi connectivity index (χ0v) is 17.3. The zero-order chi connectivity index (χ0) is 19.7. The van der Waals surface area contributed by atoms with Crippen LogP contribution in [0.2, 0.25) is 0 Å². The van der Waals surface area contributed by atoms with Crippen LogP contribution >= 0.6 is 0 Å². The number of quaternary nitrogens is 1. The first-order chi connectivity index (χ1) is 13.5. The Morgan fingerprint density at radius 2 is 1.96 bits per heavy atom. The number of anilines is 1. The van der Waals surface area contributed by atoms with Gasteiger partial charge in [0, 0.05) is 44.0 Å². The summed E-state index contributed by atoms with van der Waals surface area (Å²) in [6, 6.07) is 0.356. The lowest BCUT2D eigenvalue weighted by molar-refractivity contribution is -0.812. The molecule has 2 fully saturated rings. The normalized spacial score (nSPS) is 27.2. The van der Waals surface area contributed by atoms with Gasteiger partial charge in [0.2, 0.25) is 5.95 Å². The summed E-state index contributed by atoms with van der Waals surface area (Å²) in [5.41, 5.74) is 3.06. The molecule has 4 heterocycles. The number of fused-ring (bicyclic) bond motifs is 1. The molecule has 1 atom stereocenters. The van der Waals surface area contributed by atoms with E-state index in [0.29, 0.717) is 28.9 Å². The maximum absolute atomic E-state index is 13.4. The molecular formula is C21H32N5O2+.